The van der Waals surface area contributed by atoms with Crippen LogP contribution in [0.5, 0.6) is 5.75 Å². The normalized spacial score (nSPS) is 18.4. The Balaban J connectivity index is 0.00000261. The largest absolute Gasteiger partial charge is 0.494 e. The number of halogens is 3. The zero-order chi connectivity index (χ0) is 18.5. The van der Waals surface area contributed by atoms with Crippen molar-refractivity contribution in [3.8, 4) is 5.75 Å². The molecular formula is C20H24F2IN3O. The quantitative estimate of drug-likeness (QED) is 0.365. The fourth-order valence-corrected chi connectivity index (χ4v) is 3.03. The number of nitrogens with one attached hydrogen (secondary N) is 2. The summed E-state index contributed by atoms with van der Waals surface area (Å²) in [5.41, 5.74) is 1.17. The Bertz CT molecular complexity index is 780. The lowest BCUT2D eigenvalue weighted by Crippen LogP contribution is -2.38. The summed E-state index contributed by atoms with van der Waals surface area (Å²) < 4.78 is 33.4. The zero-order valence-corrected chi connectivity index (χ0v) is 17.7. The Kier molecular flexibility index (Phi) is 7.82. The predicted octanol–water partition coefficient (Wildman–Crippen LogP) is 4.20. The van der Waals surface area contributed by atoms with E-state index in [9.17, 15) is 8.78 Å². The van der Waals surface area contributed by atoms with Crippen LogP contribution in [0.1, 0.15) is 30.4 Å². The average Bonchev–Trinajstić information content (AvgIpc) is 3.38. The Morgan fingerprint density at radius 2 is 1.85 bits per heavy atom. The minimum atomic E-state index is -0.493. The van der Waals surface area contributed by atoms with Gasteiger partial charge in [-0.1, -0.05) is 24.3 Å². The van der Waals surface area contributed by atoms with E-state index in [4.69, 9.17) is 4.74 Å². The Hall–Kier alpha value is -1.90. The summed E-state index contributed by atoms with van der Waals surface area (Å²) in [5, 5.41) is 6.46. The van der Waals surface area contributed by atoms with E-state index in [2.05, 4.69) is 15.6 Å². The van der Waals surface area contributed by atoms with Gasteiger partial charge in [-0.25, -0.2) is 8.78 Å². The van der Waals surface area contributed by atoms with Gasteiger partial charge in [-0.15, -0.1) is 24.0 Å². The molecule has 0 amide bonds. The molecule has 0 aromatic heterocycles. The Labute approximate surface area is 175 Å². The van der Waals surface area contributed by atoms with Gasteiger partial charge in [0.2, 0.25) is 0 Å². The summed E-state index contributed by atoms with van der Waals surface area (Å²) in [5.74, 6) is 0.266. The maximum atomic E-state index is 13.9. The topological polar surface area (TPSA) is 45.6 Å². The maximum absolute atomic E-state index is 13.9. The molecule has 0 bridgehead atoms. The van der Waals surface area contributed by atoms with Crippen molar-refractivity contribution in [2.45, 2.75) is 31.8 Å². The molecule has 2 atom stereocenters. The fraction of sp³-hybridized carbons (Fsp3) is 0.350. The first-order valence-electron chi connectivity index (χ1n) is 8.75. The van der Waals surface area contributed by atoms with Gasteiger partial charge in [-0.05, 0) is 31.5 Å². The SMILES string of the molecule is CCOc1ccccc1CNC(=NC)NC1CC1c1c(F)cccc1F.I. The number of benzene rings is 2. The van der Waals surface area contributed by atoms with Crippen LogP contribution in [0.25, 0.3) is 0 Å². The lowest BCUT2D eigenvalue weighted by atomic mass is 10.1. The van der Waals surface area contributed by atoms with Gasteiger partial charge in [0.1, 0.15) is 17.4 Å². The molecule has 3 rings (SSSR count). The molecule has 4 nitrogen and oxygen atoms in total. The van der Waals surface area contributed by atoms with Crippen molar-refractivity contribution in [2.24, 2.45) is 4.99 Å². The highest BCUT2D eigenvalue weighted by Gasteiger charge is 2.42. The molecule has 0 radical (unpaired) electrons. The van der Waals surface area contributed by atoms with Gasteiger partial charge < -0.3 is 15.4 Å². The van der Waals surface area contributed by atoms with Crippen LogP contribution in [-0.4, -0.2) is 25.7 Å². The number of nitrogens with zero attached hydrogens (tertiary/aromatic N) is 1. The molecule has 0 heterocycles. The molecule has 2 unspecified atom stereocenters. The summed E-state index contributed by atoms with van der Waals surface area (Å²) in [6.45, 7) is 3.09. The zero-order valence-electron chi connectivity index (χ0n) is 15.3. The van der Waals surface area contributed by atoms with Gasteiger partial charge in [0.25, 0.3) is 0 Å². The van der Waals surface area contributed by atoms with Crippen molar-refractivity contribution in [3.05, 3.63) is 65.2 Å². The van der Waals surface area contributed by atoms with E-state index in [0.29, 0.717) is 25.5 Å². The third-order valence-corrected chi connectivity index (χ3v) is 4.43. The number of ether oxygens (including phenoxy) is 1. The molecular weight excluding hydrogens is 463 g/mol. The van der Waals surface area contributed by atoms with Crippen LogP contribution in [0, 0.1) is 11.6 Å². The second-order valence-electron chi connectivity index (χ2n) is 6.19. The molecule has 0 aliphatic heterocycles. The summed E-state index contributed by atoms with van der Waals surface area (Å²) in [4.78, 5) is 4.20. The summed E-state index contributed by atoms with van der Waals surface area (Å²) in [6, 6.07) is 11.7. The monoisotopic (exact) mass is 487 g/mol. The van der Waals surface area contributed by atoms with Crippen LogP contribution in [0.2, 0.25) is 0 Å². The van der Waals surface area contributed by atoms with E-state index in [1.165, 1.54) is 18.2 Å². The first-order valence-corrected chi connectivity index (χ1v) is 8.75. The second kappa shape index (κ2) is 9.87. The molecule has 2 aromatic rings. The van der Waals surface area contributed by atoms with Crippen LogP contribution >= 0.6 is 24.0 Å². The second-order valence-corrected chi connectivity index (χ2v) is 6.19. The lowest BCUT2D eigenvalue weighted by Gasteiger charge is -2.14. The van der Waals surface area contributed by atoms with Crippen molar-refractivity contribution in [1.82, 2.24) is 10.6 Å². The molecule has 27 heavy (non-hydrogen) atoms. The van der Waals surface area contributed by atoms with Crippen molar-refractivity contribution >= 4 is 29.9 Å². The maximum Gasteiger partial charge on any atom is 0.191 e. The molecule has 146 valence electrons. The van der Waals surface area contributed by atoms with Crippen molar-refractivity contribution in [2.75, 3.05) is 13.7 Å². The first-order chi connectivity index (χ1) is 12.6. The molecule has 1 saturated carbocycles. The first kappa shape index (κ1) is 21.4. The highest BCUT2D eigenvalue weighted by molar-refractivity contribution is 14.0. The van der Waals surface area contributed by atoms with Gasteiger partial charge in [0.15, 0.2) is 5.96 Å². The third-order valence-electron chi connectivity index (χ3n) is 4.43. The van der Waals surface area contributed by atoms with Gasteiger partial charge in [0, 0.05) is 36.7 Å². The van der Waals surface area contributed by atoms with E-state index in [0.717, 1.165) is 11.3 Å². The number of guanidine groups is 1. The Morgan fingerprint density at radius 3 is 2.52 bits per heavy atom. The summed E-state index contributed by atoms with van der Waals surface area (Å²) >= 11 is 0. The lowest BCUT2D eigenvalue weighted by molar-refractivity contribution is 0.336. The molecule has 1 fully saturated rings. The Morgan fingerprint density at radius 1 is 1.15 bits per heavy atom. The molecule has 1 aliphatic rings. The van der Waals surface area contributed by atoms with Gasteiger partial charge in [-0.2, -0.15) is 0 Å². The number of hydrogen-bond donors (Lipinski definition) is 2. The van der Waals surface area contributed by atoms with E-state index in [-0.39, 0.29) is 41.5 Å². The van der Waals surface area contributed by atoms with Crippen LogP contribution in [0.15, 0.2) is 47.5 Å². The van der Waals surface area contributed by atoms with Gasteiger partial charge in [-0.3, -0.25) is 4.99 Å². The molecule has 0 spiro atoms. The van der Waals surface area contributed by atoms with Crippen LogP contribution in [0.4, 0.5) is 8.78 Å². The van der Waals surface area contributed by atoms with E-state index in [1.54, 1.807) is 7.05 Å². The third kappa shape index (κ3) is 5.31. The summed E-state index contributed by atoms with van der Waals surface area (Å²) in [6.07, 6.45) is 0.675. The molecule has 0 saturated heterocycles. The molecule has 2 aromatic carbocycles. The van der Waals surface area contributed by atoms with Crippen LogP contribution in [0.3, 0.4) is 0 Å². The molecule has 7 heteroatoms. The highest BCUT2D eigenvalue weighted by atomic mass is 127. The number of rotatable bonds is 6. The van der Waals surface area contributed by atoms with E-state index >= 15 is 0 Å². The smallest absolute Gasteiger partial charge is 0.191 e. The number of para-hydroxylation sites is 1. The summed E-state index contributed by atoms with van der Waals surface area (Å²) in [7, 11) is 1.67. The molecule has 1 aliphatic carbocycles. The number of aliphatic imine (C=N–C) groups is 1. The van der Waals surface area contributed by atoms with Crippen molar-refractivity contribution in [3.63, 3.8) is 0 Å². The number of hydrogen-bond acceptors (Lipinski definition) is 2. The van der Waals surface area contributed by atoms with E-state index < -0.39 is 11.6 Å². The van der Waals surface area contributed by atoms with Crippen LogP contribution in [-0.2, 0) is 6.54 Å². The predicted molar refractivity (Wildman–Crippen MR) is 114 cm³/mol. The average molecular weight is 487 g/mol. The highest BCUT2D eigenvalue weighted by Crippen LogP contribution is 2.43. The standard InChI is InChI=1S/C20H23F2N3O.HI/c1-3-26-18-10-5-4-7-13(18)12-24-20(23-2)25-17-11-14(17)19-15(21)8-6-9-16(19)22;/h4-10,14,17H,3,11-12H2,1-2H3,(H2,23,24,25);1H. The minimum Gasteiger partial charge on any atom is -0.494 e. The molecule has 2 N–H and O–H groups in total. The van der Waals surface area contributed by atoms with Gasteiger partial charge in [0.05, 0.1) is 6.61 Å². The van der Waals surface area contributed by atoms with Gasteiger partial charge >= 0.3 is 0 Å². The van der Waals surface area contributed by atoms with E-state index in [1.807, 2.05) is 31.2 Å². The minimum absolute atomic E-state index is 0. The van der Waals surface area contributed by atoms with Crippen molar-refractivity contribution in [1.29, 1.82) is 0 Å². The fourth-order valence-electron chi connectivity index (χ4n) is 3.03. The van der Waals surface area contributed by atoms with Crippen molar-refractivity contribution < 1.29 is 13.5 Å². The van der Waals surface area contributed by atoms with Crippen LogP contribution < -0.4 is 15.4 Å².